The van der Waals surface area contributed by atoms with Gasteiger partial charge in [-0.3, -0.25) is 5.41 Å². The van der Waals surface area contributed by atoms with Crippen LogP contribution in [0.2, 0.25) is 0 Å². The molecular weight excluding hydrogens is 360 g/mol. The molecule has 0 amide bonds. The number of nitrogens with zero attached hydrogens (tertiary/aromatic N) is 3. The minimum atomic E-state index is 0.426. The topological polar surface area (TPSA) is 52.5 Å². The molecule has 5 nitrogen and oxygen atoms in total. The third-order valence-corrected chi connectivity index (χ3v) is 6.43. The maximum absolute atomic E-state index is 8.64. The van der Waals surface area contributed by atoms with Crippen LogP contribution in [0, 0.1) is 5.41 Å². The van der Waals surface area contributed by atoms with Gasteiger partial charge in [0.1, 0.15) is 23.9 Å². The summed E-state index contributed by atoms with van der Waals surface area (Å²) in [6, 6.07) is 8.93. The Kier molecular flexibility index (Phi) is 4.49. The van der Waals surface area contributed by atoms with Crippen molar-refractivity contribution in [1.29, 1.82) is 5.41 Å². The number of fused-ring (bicyclic) bond motifs is 2. The molecule has 1 aromatic carbocycles. The van der Waals surface area contributed by atoms with Crippen LogP contribution in [0.25, 0.3) is 0 Å². The monoisotopic (exact) mass is 390 g/mol. The number of nitrogens with one attached hydrogen (secondary N) is 1. The molecule has 1 fully saturated rings. The average molecular weight is 391 g/mol. The van der Waals surface area contributed by atoms with Crippen molar-refractivity contribution in [3.05, 3.63) is 52.3 Å². The van der Waals surface area contributed by atoms with Gasteiger partial charge < -0.3 is 14.5 Å². The van der Waals surface area contributed by atoms with E-state index in [1.54, 1.807) is 0 Å². The lowest BCUT2D eigenvalue weighted by molar-refractivity contribution is 0.306. The van der Waals surface area contributed by atoms with E-state index in [9.17, 15) is 0 Å². The Morgan fingerprint density at radius 1 is 1.24 bits per heavy atom. The van der Waals surface area contributed by atoms with E-state index in [1.807, 2.05) is 0 Å². The number of rotatable bonds is 5. The number of likely N-dealkylation sites (N-methyl/N-ethyl adjacent to an activating group) is 1. The second-order valence-corrected chi connectivity index (χ2v) is 9.00. The lowest BCUT2D eigenvalue weighted by atomic mass is 9.96. The fourth-order valence-corrected chi connectivity index (χ4v) is 4.45. The highest BCUT2D eigenvalue weighted by atomic mass is 16.5. The van der Waals surface area contributed by atoms with Gasteiger partial charge >= 0.3 is 0 Å². The quantitative estimate of drug-likeness (QED) is 0.827. The summed E-state index contributed by atoms with van der Waals surface area (Å²) in [4.78, 5) is 9.28. The average Bonchev–Trinajstić information content (AvgIpc) is 3.51. The molecule has 0 saturated heterocycles. The molecule has 0 spiro atoms. The fourth-order valence-electron chi connectivity index (χ4n) is 4.45. The van der Waals surface area contributed by atoms with E-state index in [-0.39, 0.29) is 0 Å². The van der Waals surface area contributed by atoms with E-state index in [2.05, 4.69) is 55.0 Å². The molecule has 3 heterocycles. The number of hydrogen-bond donors (Lipinski definition) is 1. The molecule has 0 atom stereocenters. The van der Waals surface area contributed by atoms with Crippen molar-refractivity contribution in [3.8, 4) is 5.75 Å². The Hall–Kier alpha value is -2.56. The predicted octanol–water partition coefficient (Wildman–Crippen LogP) is 4.29. The van der Waals surface area contributed by atoms with Gasteiger partial charge in [-0.2, -0.15) is 0 Å². The number of pyridine rings is 1. The largest absolute Gasteiger partial charge is 0.489 e. The summed E-state index contributed by atoms with van der Waals surface area (Å²) in [5.41, 5.74) is 7.08. The molecule has 2 aromatic rings. The second kappa shape index (κ2) is 7.05. The van der Waals surface area contributed by atoms with E-state index in [4.69, 9.17) is 15.1 Å². The standard InChI is InChI=1S/C24H30N4O/c1-15(2)19-12-16(13-21-23(19)29-11-10-27(21)3)8-9-28-14-18-6-7-20(17-4-5-17)26-22(18)24(28)25/h6-7,12-13,15,17,25H,4-5,8-11,14H2,1-3H3. The summed E-state index contributed by atoms with van der Waals surface area (Å²) >= 11 is 0. The fraction of sp³-hybridized carbons (Fsp3) is 0.500. The van der Waals surface area contributed by atoms with Crippen molar-refractivity contribution in [2.45, 2.75) is 51.5 Å². The molecule has 1 N–H and O–H groups in total. The van der Waals surface area contributed by atoms with Crippen LogP contribution in [0.1, 0.15) is 66.6 Å². The third-order valence-electron chi connectivity index (χ3n) is 6.43. The van der Waals surface area contributed by atoms with Gasteiger partial charge in [0.05, 0.1) is 12.2 Å². The first-order valence-electron chi connectivity index (χ1n) is 10.9. The van der Waals surface area contributed by atoms with Gasteiger partial charge in [0.15, 0.2) is 0 Å². The molecule has 2 aliphatic heterocycles. The van der Waals surface area contributed by atoms with Crippen LogP contribution in [0.3, 0.4) is 0 Å². The smallest absolute Gasteiger partial charge is 0.147 e. The summed E-state index contributed by atoms with van der Waals surface area (Å²) in [6.45, 7) is 7.78. The number of hydrogen-bond acceptors (Lipinski definition) is 4. The van der Waals surface area contributed by atoms with Gasteiger partial charge in [-0.25, -0.2) is 4.98 Å². The van der Waals surface area contributed by atoms with Gasteiger partial charge in [0.2, 0.25) is 0 Å². The molecule has 0 radical (unpaired) electrons. The van der Waals surface area contributed by atoms with Gasteiger partial charge in [-0.1, -0.05) is 26.0 Å². The normalized spacial score (nSPS) is 18.1. The van der Waals surface area contributed by atoms with Crippen molar-refractivity contribution in [2.24, 2.45) is 0 Å². The summed E-state index contributed by atoms with van der Waals surface area (Å²) < 4.78 is 6.02. The molecule has 1 aromatic heterocycles. The highest BCUT2D eigenvalue weighted by molar-refractivity contribution is 5.98. The van der Waals surface area contributed by atoms with Crippen LogP contribution in [-0.2, 0) is 13.0 Å². The minimum Gasteiger partial charge on any atom is -0.489 e. The summed E-state index contributed by atoms with van der Waals surface area (Å²) in [7, 11) is 2.14. The van der Waals surface area contributed by atoms with Crippen molar-refractivity contribution < 1.29 is 4.74 Å². The Bertz CT molecular complexity index is 946. The van der Waals surface area contributed by atoms with Crippen molar-refractivity contribution >= 4 is 11.5 Å². The first-order chi connectivity index (χ1) is 14.0. The number of benzene rings is 1. The third kappa shape index (κ3) is 3.37. The molecule has 3 aliphatic rings. The van der Waals surface area contributed by atoms with Gasteiger partial charge in [0.25, 0.3) is 0 Å². The summed E-state index contributed by atoms with van der Waals surface area (Å²) in [5.74, 6) is 2.70. The van der Waals surface area contributed by atoms with Crippen molar-refractivity contribution in [3.63, 3.8) is 0 Å². The Labute approximate surface area is 173 Å². The molecule has 152 valence electrons. The van der Waals surface area contributed by atoms with Gasteiger partial charge in [-0.15, -0.1) is 0 Å². The van der Waals surface area contributed by atoms with Crippen LogP contribution in [-0.4, -0.2) is 42.5 Å². The SMILES string of the molecule is CC(C)c1cc(CCN2Cc3ccc(C4CC4)nc3C2=N)cc2c1OCCN2C. The first-order valence-corrected chi connectivity index (χ1v) is 10.9. The van der Waals surface area contributed by atoms with Crippen LogP contribution >= 0.6 is 0 Å². The van der Waals surface area contributed by atoms with Gasteiger partial charge in [-0.05, 0) is 48.4 Å². The van der Waals surface area contributed by atoms with Gasteiger partial charge in [0, 0.05) is 37.3 Å². The Morgan fingerprint density at radius 2 is 2.07 bits per heavy atom. The zero-order valence-corrected chi connectivity index (χ0v) is 17.7. The number of anilines is 1. The van der Waals surface area contributed by atoms with Crippen LogP contribution in [0.15, 0.2) is 24.3 Å². The zero-order chi connectivity index (χ0) is 20.1. The zero-order valence-electron chi connectivity index (χ0n) is 17.7. The minimum absolute atomic E-state index is 0.426. The van der Waals surface area contributed by atoms with E-state index in [0.29, 0.717) is 17.7 Å². The van der Waals surface area contributed by atoms with E-state index < -0.39 is 0 Å². The molecule has 5 heteroatoms. The molecule has 29 heavy (non-hydrogen) atoms. The van der Waals surface area contributed by atoms with E-state index >= 15 is 0 Å². The summed E-state index contributed by atoms with van der Waals surface area (Å²) in [5, 5.41) is 8.64. The molecule has 0 unspecified atom stereocenters. The summed E-state index contributed by atoms with van der Waals surface area (Å²) in [6.07, 6.45) is 3.42. The van der Waals surface area contributed by atoms with Crippen LogP contribution in [0.5, 0.6) is 5.75 Å². The molecule has 1 aliphatic carbocycles. The predicted molar refractivity (Wildman–Crippen MR) is 116 cm³/mol. The number of aromatic nitrogens is 1. The Balaban J connectivity index is 1.34. The molecule has 1 saturated carbocycles. The number of ether oxygens (including phenoxy) is 1. The highest BCUT2D eigenvalue weighted by Crippen LogP contribution is 2.40. The highest BCUT2D eigenvalue weighted by Gasteiger charge is 2.30. The maximum Gasteiger partial charge on any atom is 0.147 e. The Morgan fingerprint density at radius 3 is 2.83 bits per heavy atom. The molecular formula is C24H30N4O. The molecule has 5 rings (SSSR count). The van der Waals surface area contributed by atoms with Crippen LogP contribution in [0.4, 0.5) is 5.69 Å². The first kappa shape index (κ1) is 18.5. The van der Waals surface area contributed by atoms with E-state index in [1.165, 1.54) is 40.9 Å². The second-order valence-electron chi connectivity index (χ2n) is 9.00. The van der Waals surface area contributed by atoms with Crippen molar-refractivity contribution in [1.82, 2.24) is 9.88 Å². The lowest BCUT2D eigenvalue weighted by Gasteiger charge is -2.31. The lowest BCUT2D eigenvalue weighted by Crippen LogP contribution is -2.30. The maximum atomic E-state index is 8.64. The van der Waals surface area contributed by atoms with Crippen molar-refractivity contribution in [2.75, 3.05) is 31.6 Å². The van der Waals surface area contributed by atoms with Crippen LogP contribution < -0.4 is 9.64 Å². The number of amidine groups is 1. The van der Waals surface area contributed by atoms with E-state index in [0.717, 1.165) is 44.1 Å². The molecule has 0 bridgehead atoms.